The summed E-state index contributed by atoms with van der Waals surface area (Å²) >= 11 is 0. The molecular formula is C11H10NO3. The smallest absolute Gasteiger partial charge is 0.197 e. The van der Waals surface area contributed by atoms with Crippen LogP contribution in [-0.4, -0.2) is 14.8 Å². The molecule has 2 aromatic rings. The lowest BCUT2D eigenvalue weighted by atomic mass is 10.2. The summed E-state index contributed by atoms with van der Waals surface area (Å²) in [7, 11) is 0. The monoisotopic (exact) mass is 204 g/mol. The van der Waals surface area contributed by atoms with Gasteiger partial charge in [0.1, 0.15) is 0 Å². The van der Waals surface area contributed by atoms with E-state index in [0.717, 1.165) is 0 Å². The number of benzene rings is 1. The van der Waals surface area contributed by atoms with Gasteiger partial charge in [0.05, 0.1) is 17.0 Å². The van der Waals surface area contributed by atoms with E-state index in [1.807, 2.05) is 6.92 Å². The van der Waals surface area contributed by atoms with Gasteiger partial charge < -0.3 is 14.8 Å². The highest BCUT2D eigenvalue weighted by Crippen LogP contribution is 2.31. The number of aromatic nitrogens is 1. The molecule has 2 rings (SSSR count). The Bertz CT molecular complexity index is 572. The maximum atomic E-state index is 11.4. The third kappa shape index (κ3) is 1.34. The predicted molar refractivity (Wildman–Crippen MR) is 56.0 cm³/mol. The highest BCUT2D eigenvalue weighted by molar-refractivity contribution is 5.86. The third-order valence-electron chi connectivity index (χ3n) is 2.35. The van der Waals surface area contributed by atoms with Gasteiger partial charge in [-0.05, 0) is 19.1 Å². The maximum absolute atomic E-state index is 11.4. The van der Waals surface area contributed by atoms with E-state index in [-0.39, 0.29) is 16.9 Å². The van der Waals surface area contributed by atoms with Crippen LogP contribution in [0.4, 0.5) is 0 Å². The molecule has 0 spiro atoms. The van der Waals surface area contributed by atoms with Gasteiger partial charge in [0, 0.05) is 12.7 Å². The molecule has 1 radical (unpaired) electrons. The number of hydrogen-bond acceptors (Lipinski definition) is 3. The lowest BCUT2D eigenvalue weighted by molar-refractivity contribution is 0.406. The average Bonchev–Trinajstić information content (AvgIpc) is 2.24. The van der Waals surface area contributed by atoms with Crippen LogP contribution in [-0.2, 0) is 6.54 Å². The van der Waals surface area contributed by atoms with Crippen LogP contribution in [0.15, 0.2) is 23.1 Å². The van der Waals surface area contributed by atoms with Gasteiger partial charge >= 0.3 is 0 Å². The van der Waals surface area contributed by atoms with Crippen LogP contribution in [0.25, 0.3) is 10.9 Å². The minimum atomic E-state index is -0.287. The summed E-state index contributed by atoms with van der Waals surface area (Å²) in [6.07, 6.45) is 1.48. The van der Waals surface area contributed by atoms with Crippen LogP contribution in [0.5, 0.6) is 11.5 Å². The largest absolute Gasteiger partial charge is 0.504 e. The molecule has 0 fully saturated rings. The molecule has 77 valence electrons. The van der Waals surface area contributed by atoms with E-state index in [1.54, 1.807) is 4.57 Å². The van der Waals surface area contributed by atoms with Crippen LogP contribution >= 0.6 is 0 Å². The predicted octanol–water partition coefficient (Wildman–Crippen LogP) is 1.23. The number of aromatic hydroxyl groups is 2. The van der Waals surface area contributed by atoms with Gasteiger partial charge in [-0.15, -0.1) is 0 Å². The minimum absolute atomic E-state index is 0.227. The first-order chi connectivity index (χ1) is 7.15. The van der Waals surface area contributed by atoms with Crippen molar-refractivity contribution in [1.82, 2.24) is 4.57 Å². The molecule has 4 heteroatoms. The molecule has 0 bridgehead atoms. The quantitative estimate of drug-likeness (QED) is 0.687. The summed E-state index contributed by atoms with van der Waals surface area (Å²) in [5.74, 6) is -0.490. The van der Waals surface area contributed by atoms with Crippen molar-refractivity contribution in [2.24, 2.45) is 0 Å². The Morgan fingerprint density at radius 3 is 2.80 bits per heavy atom. The highest BCUT2D eigenvalue weighted by Gasteiger charge is 2.10. The van der Waals surface area contributed by atoms with Crippen molar-refractivity contribution in [3.63, 3.8) is 0 Å². The van der Waals surface area contributed by atoms with Crippen molar-refractivity contribution in [2.45, 2.75) is 13.5 Å². The number of phenolic OH excluding ortho intramolecular Hbond substituents is 2. The van der Waals surface area contributed by atoms with Gasteiger partial charge in [0.2, 0.25) is 0 Å². The number of phenols is 2. The summed E-state index contributed by atoms with van der Waals surface area (Å²) < 4.78 is 1.66. The Labute approximate surface area is 86.0 Å². The summed E-state index contributed by atoms with van der Waals surface area (Å²) in [6, 6.07) is 5.34. The van der Waals surface area contributed by atoms with Crippen LogP contribution < -0.4 is 5.43 Å². The summed E-state index contributed by atoms with van der Waals surface area (Å²) in [6.45, 7) is 2.46. The highest BCUT2D eigenvalue weighted by atomic mass is 16.3. The molecule has 1 aromatic heterocycles. The first-order valence-electron chi connectivity index (χ1n) is 4.61. The van der Waals surface area contributed by atoms with Crippen molar-refractivity contribution in [3.8, 4) is 11.5 Å². The van der Waals surface area contributed by atoms with Gasteiger partial charge in [-0.1, -0.05) is 0 Å². The first kappa shape index (κ1) is 9.58. The topological polar surface area (TPSA) is 62.5 Å². The minimum Gasteiger partial charge on any atom is -0.504 e. The molecule has 0 aliphatic carbocycles. The van der Waals surface area contributed by atoms with E-state index in [0.29, 0.717) is 17.4 Å². The number of aryl methyl sites for hydroxylation is 1. The van der Waals surface area contributed by atoms with Crippen molar-refractivity contribution in [1.29, 1.82) is 0 Å². The van der Waals surface area contributed by atoms with E-state index < -0.39 is 0 Å². The maximum Gasteiger partial charge on any atom is 0.197 e. The average molecular weight is 204 g/mol. The van der Waals surface area contributed by atoms with Crippen LogP contribution in [0.2, 0.25) is 0 Å². The second kappa shape index (κ2) is 3.31. The van der Waals surface area contributed by atoms with Gasteiger partial charge in [0.15, 0.2) is 16.9 Å². The molecule has 0 unspecified atom stereocenters. The Kier molecular flexibility index (Phi) is 2.11. The van der Waals surface area contributed by atoms with E-state index in [1.165, 1.54) is 18.3 Å². The van der Waals surface area contributed by atoms with E-state index >= 15 is 0 Å². The number of rotatable bonds is 1. The Hall–Kier alpha value is -1.97. The molecule has 0 aliphatic rings. The van der Waals surface area contributed by atoms with Crippen molar-refractivity contribution in [2.75, 3.05) is 0 Å². The number of pyridine rings is 1. The number of nitrogens with zero attached hydrogens (tertiary/aromatic N) is 1. The normalized spacial score (nSPS) is 10.7. The van der Waals surface area contributed by atoms with E-state index in [2.05, 4.69) is 6.07 Å². The molecule has 0 saturated heterocycles. The van der Waals surface area contributed by atoms with Crippen LogP contribution in [0, 0.1) is 6.07 Å². The summed E-state index contributed by atoms with van der Waals surface area (Å²) in [5.41, 5.74) is 0.0613. The van der Waals surface area contributed by atoms with E-state index in [4.69, 9.17) is 0 Å². The Morgan fingerprint density at radius 1 is 1.40 bits per heavy atom. The summed E-state index contributed by atoms with van der Waals surface area (Å²) in [5, 5.41) is 19.4. The molecular weight excluding hydrogens is 194 g/mol. The van der Waals surface area contributed by atoms with Gasteiger partial charge in [-0.25, -0.2) is 0 Å². The second-order valence-electron chi connectivity index (χ2n) is 3.22. The van der Waals surface area contributed by atoms with Crippen molar-refractivity contribution < 1.29 is 10.2 Å². The fraction of sp³-hybridized carbons (Fsp3) is 0.182. The number of fused-ring (bicyclic) bond motifs is 1. The van der Waals surface area contributed by atoms with Gasteiger partial charge in [-0.3, -0.25) is 4.79 Å². The van der Waals surface area contributed by atoms with Gasteiger partial charge in [-0.2, -0.15) is 0 Å². The zero-order chi connectivity index (χ0) is 11.0. The zero-order valence-electron chi connectivity index (χ0n) is 8.19. The molecule has 0 atom stereocenters. The molecule has 0 saturated carbocycles. The molecule has 1 heterocycles. The van der Waals surface area contributed by atoms with Crippen molar-refractivity contribution in [3.05, 3.63) is 34.6 Å². The van der Waals surface area contributed by atoms with E-state index in [9.17, 15) is 15.0 Å². The van der Waals surface area contributed by atoms with Gasteiger partial charge in [0.25, 0.3) is 0 Å². The van der Waals surface area contributed by atoms with Crippen LogP contribution in [0.1, 0.15) is 6.92 Å². The SMILES string of the molecule is CCn1c[c]c(=O)c2ccc(O)c(O)c21. The lowest BCUT2D eigenvalue weighted by Gasteiger charge is -2.09. The molecule has 4 nitrogen and oxygen atoms in total. The Balaban J connectivity index is 3.02. The zero-order valence-corrected chi connectivity index (χ0v) is 8.19. The third-order valence-corrected chi connectivity index (χ3v) is 2.35. The first-order valence-corrected chi connectivity index (χ1v) is 4.61. The molecule has 2 N–H and O–H groups in total. The molecule has 1 aromatic carbocycles. The van der Waals surface area contributed by atoms with Crippen LogP contribution in [0.3, 0.4) is 0 Å². The summed E-state index contributed by atoms with van der Waals surface area (Å²) in [4.78, 5) is 11.4. The Morgan fingerprint density at radius 2 is 2.13 bits per heavy atom. The molecule has 15 heavy (non-hydrogen) atoms. The molecule has 0 amide bonds. The fourth-order valence-corrected chi connectivity index (χ4v) is 1.57. The van der Waals surface area contributed by atoms with Crippen molar-refractivity contribution >= 4 is 10.9 Å². The fourth-order valence-electron chi connectivity index (χ4n) is 1.57. The molecule has 0 aliphatic heterocycles. The standard InChI is InChI=1S/C11H10NO3/c1-2-12-6-5-8(13)7-3-4-9(14)11(15)10(7)12/h3-4,6,14-15H,2H2,1H3. The number of hydrogen-bond donors (Lipinski definition) is 2. The second-order valence-corrected chi connectivity index (χ2v) is 3.22. The lowest BCUT2D eigenvalue weighted by Crippen LogP contribution is -2.07.